The first-order valence-corrected chi connectivity index (χ1v) is 12.1. The molecular formula is C20H20N2O7S2. The van der Waals surface area contributed by atoms with Gasteiger partial charge in [-0.25, -0.2) is 13.2 Å². The highest BCUT2D eigenvalue weighted by atomic mass is 32.2. The third-order valence-corrected chi connectivity index (χ3v) is 7.04. The molecule has 11 heteroatoms. The van der Waals surface area contributed by atoms with E-state index < -0.39 is 43.8 Å². The average molecular weight is 465 g/mol. The number of carbonyl (C=O) groups excluding carboxylic acids is 2. The van der Waals surface area contributed by atoms with Crippen LogP contribution in [0.1, 0.15) is 23.7 Å². The summed E-state index contributed by atoms with van der Waals surface area (Å²) < 4.78 is 28.5. The fraction of sp³-hybridized carbons (Fsp3) is 0.300. The third-order valence-electron chi connectivity index (χ3n) is 4.66. The number of sulfone groups is 1. The van der Waals surface area contributed by atoms with E-state index in [1.807, 2.05) is 24.3 Å². The van der Waals surface area contributed by atoms with Gasteiger partial charge in [-0.3, -0.25) is 14.9 Å². The number of fused-ring (bicyclic) bond motifs is 1. The maximum Gasteiger partial charge on any atom is 0.338 e. The van der Waals surface area contributed by atoms with Crippen molar-refractivity contribution in [2.24, 2.45) is 0 Å². The molecule has 3 rings (SSSR count). The molecule has 1 aliphatic rings. The maximum atomic E-state index is 12.8. The van der Waals surface area contributed by atoms with Crippen LogP contribution in [0.3, 0.4) is 0 Å². The number of ether oxygens (including phenoxy) is 1. The first kappa shape index (κ1) is 22.8. The second-order valence-electron chi connectivity index (χ2n) is 7.02. The summed E-state index contributed by atoms with van der Waals surface area (Å²) >= 11 is 1.67. The summed E-state index contributed by atoms with van der Waals surface area (Å²) in [5, 5.41) is 11.5. The van der Waals surface area contributed by atoms with E-state index in [2.05, 4.69) is 6.92 Å². The molecule has 1 heterocycles. The molecule has 0 unspecified atom stereocenters. The number of esters is 1. The van der Waals surface area contributed by atoms with Crippen molar-refractivity contribution in [3.05, 3.63) is 58.1 Å². The predicted octanol–water partition coefficient (Wildman–Crippen LogP) is 3.07. The molecule has 31 heavy (non-hydrogen) atoms. The summed E-state index contributed by atoms with van der Waals surface area (Å²) in [4.78, 5) is 37.5. The zero-order valence-corrected chi connectivity index (χ0v) is 18.4. The van der Waals surface area contributed by atoms with E-state index in [0.717, 1.165) is 41.5 Å². The Bertz CT molecular complexity index is 1150. The lowest BCUT2D eigenvalue weighted by Crippen LogP contribution is -2.35. The number of para-hydroxylation sites is 1. The van der Waals surface area contributed by atoms with Gasteiger partial charge in [-0.15, -0.1) is 11.8 Å². The van der Waals surface area contributed by atoms with E-state index in [9.17, 15) is 28.1 Å². The van der Waals surface area contributed by atoms with E-state index in [4.69, 9.17) is 4.74 Å². The van der Waals surface area contributed by atoms with Gasteiger partial charge in [-0.2, -0.15) is 0 Å². The van der Waals surface area contributed by atoms with Crippen molar-refractivity contribution >= 4 is 44.9 Å². The summed E-state index contributed by atoms with van der Waals surface area (Å²) in [6.45, 7) is 1.99. The molecule has 0 spiro atoms. The molecule has 0 N–H and O–H groups in total. The number of hydrogen-bond acceptors (Lipinski definition) is 8. The molecule has 164 valence electrons. The van der Waals surface area contributed by atoms with Gasteiger partial charge < -0.3 is 9.64 Å². The first-order valence-electron chi connectivity index (χ1n) is 9.29. The highest BCUT2D eigenvalue weighted by Crippen LogP contribution is 2.37. The van der Waals surface area contributed by atoms with Crippen LogP contribution in [0.25, 0.3) is 0 Å². The summed E-state index contributed by atoms with van der Waals surface area (Å²) in [6.07, 6.45) is 1.60. The van der Waals surface area contributed by atoms with E-state index in [1.165, 1.54) is 0 Å². The molecule has 1 atom stereocenters. The van der Waals surface area contributed by atoms with Crippen molar-refractivity contribution in [1.29, 1.82) is 0 Å². The Morgan fingerprint density at radius 1 is 1.26 bits per heavy atom. The fourth-order valence-electron chi connectivity index (χ4n) is 3.13. The minimum Gasteiger partial charge on any atom is -0.452 e. The fourth-order valence-corrected chi connectivity index (χ4v) is 5.08. The summed E-state index contributed by atoms with van der Waals surface area (Å²) in [5.41, 5.74) is -0.200. The second kappa shape index (κ2) is 9.06. The Hall–Kier alpha value is -2.92. The van der Waals surface area contributed by atoms with Gasteiger partial charge in [0.25, 0.3) is 11.6 Å². The SMILES string of the molecule is C[C@H]1CCN(C(=O)COC(=O)c2ccc(S(C)(=O)=O)c([N+](=O)[O-])c2)c2ccccc2S1. The molecular weight excluding hydrogens is 444 g/mol. The van der Waals surface area contributed by atoms with Gasteiger partial charge in [0.2, 0.25) is 0 Å². The van der Waals surface area contributed by atoms with Crippen molar-refractivity contribution in [1.82, 2.24) is 0 Å². The van der Waals surface area contributed by atoms with Crippen LogP contribution in [0.5, 0.6) is 0 Å². The topological polar surface area (TPSA) is 124 Å². The normalized spacial score (nSPS) is 16.2. The Kier molecular flexibility index (Phi) is 6.65. The lowest BCUT2D eigenvalue weighted by atomic mass is 10.2. The summed E-state index contributed by atoms with van der Waals surface area (Å²) in [5.74, 6) is -1.37. The quantitative estimate of drug-likeness (QED) is 0.376. The van der Waals surface area contributed by atoms with Crippen LogP contribution >= 0.6 is 11.8 Å². The minimum absolute atomic E-state index is 0.215. The molecule has 0 radical (unpaired) electrons. The van der Waals surface area contributed by atoms with Crippen molar-refractivity contribution in [2.45, 2.75) is 28.4 Å². The molecule has 0 aromatic heterocycles. The molecule has 1 aliphatic heterocycles. The van der Waals surface area contributed by atoms with Gasteiger partial charge in [-0.05, 0) is 30.7 Å². The van der Waals surface area contributed by atoms with E-state index >= 15 is 0 Å². The molecule has 0 saturated carbocycles. The zero-order valence-electron chi connectivity index (χ0n) is 16.8. The van der Waals surface area contributed by atoms with Crippen molar-refractivity contribution in [3.63, 3.8) is 0 Å². The summed E-state index contributed by atoms with van der Waals surface area (Å²) in [6, 6.07) is 10.4. The number of carbonyl (C=O) groups is 2. The van der Waals surface area contributed by atoms with Crippen LogP contribution in [-0.2, 0) is 19.4 Å². The van der Waals surface area contributed by atoms with Gasteiger partial charge in [0.05, 0.1) is 16.2 Å². The van der Waals surface area contributed by atoms with Gasteiger partial charge in [0, 0.05) is 29.0 Å². The smallest absolute Gasteiger partial charge is 0.338 e. The van der Waals surface area contributed by atoms with Crippen LogP contribution in [-0.4, -0.2) is 49.9 Å². The van der Waals surface area contributed by atoms with Crippen molar-refractivity contribution in [2.75, 3.05) is 24.3 Å². The minimum atomic E-state index is -3.85. The Morgan fingerprint density at radius 2 is 1.97 bits per heavy atom. The number of thioether (sulfide) groups is 1. The van der Waals surface area contributed by atoms with Gasteiger partial charge in [0.1, 0.15) is 4.90 Å². The lowest BCUT2D eigenvalue weighted by Gasteiger charge is -2.22. The Morgan fingerprint density at radius 3 is 2.65 bits per heavy atom. The van der Waals surface area contributed by atoms with Gasteiger partial charge in [0.15, 0.2) is 16.4 Å². The van der Waals surface area contributed by atoms with E-state index in [-0.39, 0.29) is 5.56 Å². The van der Waals surface area contributed by atoms with Gasteiger partial charge in [-0.1, -0.05) is 19.1 Å². The van der Waals surface area contributed by atoms with Crippen LogP contribution < -0.4 is 4.90 Å². The molecule has 0 aliphatic carbocycles. The number of anilines is 1. The monoisotopic (exact) mass is 464 g/mol. The molecule has 2 aromatic rings. The van der Waals surface area contributed by atoms with Crippen LogP contribution in [0.4, 0.5) is 11.4 Å². The van der Waals surface area contributed by atoms with Gasteiger partial charge >= 0.3 is 5.97 Å². The average Bonchev–Trinajstić information content (AvgIpc) is 2.88. The molecule has 0 fully saturated rings. The Labute approximate surface area is 183 Å². The number of amides is 1. The molecule has 0 bridgehead atoms. The number of benzene rings is 2. The number of nitro benzene ring substituents is 1. The standard InChI is InChI=1S/C20H20N2O7S2/c1-13-9-10-21(15-5-3-4-6-17(15)30-13)19(23)12-29-20(24)14-7-8-18(31(2,27)28)16(11-14)22(25)26/h3-8,11,13H,9-10,12H2,1-2H3/t13-/m0/s1. The largest absolute Gasteiger partial charge is 0.452 e. The van der Waals surface area contributed by atoms with E-state index in [0.29, 0.717) is 11.8 Å². The highest BCUT2D eigenvalue weighted by molar-refractivity contribution is 8.00. The number of nitro groups is 1. The van der Waals surface area contributed by atoms with Crippen molar-refractivity contribution < 1.29 is 27.7 Å². The van der Waals surface area contributed by atoms with Crippen LogP contribution in [0, 0.1) is 10.1 Å². The number of hydrogen-bond donors (Lipinski definition) is 0. The number of rotatable bonds is 5. The lowest BCUT2D eigenvalue weighted by molar-refractivity contribution is -0.387. The zero-order chi connectivity index (χ0) is 22.8. The second-order valence-corrected chi connectivity index (χ2v) is 10.5. The summed E-state index contributed by atoms with van der Waals surface area (Å²) in [7, 11) is -3.85. The highest BCUT2D eigenvalue weighted by Gasteiger charge is 2.27. The predicted molar refractivity (Wildman–Crippen MR) is 115 cm³/mol. The first-order chi connectivity index (χ1) is 14.6. The molecule has 0 saturated heterocycles. The molecule has 9 nitrogen and oxygen atoms in total. The molecule has 1 amide bonds. The van der Waals surface area contributed by atoms with Crippen LogP contribution in [0.2, 0.25) is 0 Å². The number of nitrogens with zero attached hydrogens (tertiary/aromatic N) is 2. The van der Waals surface area contributed by atoms with Crippen molar-refractivity contribution in [3.8, 4) is 0 Å². The Balaban J connectivity index is 1.76. The maximum absolute atomic E-state index is 12.8. The molecule has 2 aromatic carbocycles. The third kappa shape index (κ3) is 5.23. The van der Waals surface area contributed by atoms with Crippen LogP contribution in [0.15, 0.2) is 52.3 Å². The van der Waals surface area contributed by atoms with E-state index in [1.54, 1.807) is 16.7 Å².